The number of hydrogen-bond donors (Lipinski definition) is 1. The molecule has 3 aromatic carbocycles. The monoisotopic (exact) mass is 543 g/mol. The third kappa shape index (κ3) is 6.05. The van der Waals surface area contributed by atoms with Crippen LogP contribution in [0.25, 0.3) is 5.76 Å². The van der Waals surface area contributed by atoms with Gasteiger partial charge in [0.05, 0.1) is 16.5 Å². The predicted octanol–water partition coefficient (Wildman–Crippen LogP) is 5.25. The van der Waals surface area contributed by atoms with Crippen molar-refractivity contribution >= 4 is 23.1 Å². The minimum Gasteiger partial charge on any atom is -0.507 e. The standard InChI is InChI=1S/C31H33N3O6/c1-4-32(5-2)18-19-33-28(22-10-14-25(15-11-22)34(38)39)27(30(36)31(33)37)29(35)23-12-16-26(17-13-23)40-20-24-9-7-6-8-21(24)3/h6-17,28,35H,4-5,18-20H2,1-3H3. The summed E-state index contributed by atoms with van der Waals surface area (Å²) >= 11 is 0. The number of aliphatic hydroxyl groups is 1. The van der Waals surface area contributed by atoms with Crippen LogP contribution in [-0.4, -0.2) is 57.7 Å². The lowest BCUT2D eigenvalue weighted by molar-refractivity contribution is -0.384. The van der Waals surface area contributed by atoms with Crippen molar-refractivity contribution in [3.05, 3.63) is 111 Å². The highest BCUT2D eigenvalue weighted by Crippen LogP contribution is 2.40. The fourth-order valence-corrected chi connectivity index (χ4v) is 4.82. The highest BCUT2D eigenvalue weighted by Gasteiger charge is 2.46. The summed E-state index contributed by atoms with van der Waals surface area (Å²) in [6, 6.07) is 19.4. The van der Waals surface area contributed by atoms with Crippen LogP contribution < -0.4 is 4.74 Å². The van der Waals surface area contributed by atoms with Crippen LogP contribution in [-0.2, 0) is 16.2 Å². The minimum absolute atomic E-state index is 0.0491. The van der Waals surface area contributed by atoms with Gasteiger partial charge in [-0.2, -0.15) is 0 Å². The lowest BCUT2D eigenvalue weighted by atomic mass is 9.95. The predicted molar refractivity (Wildman–Crippen MR) is 152 cm³/mol. The molecule has 208 valence electrons. The van der Waals surface area contributed by atoms with Crippen molar-refractivity contribution in [1.29, 1.82) is 0 Å². The molecular formula is C31H33N3O6. The molecule has 1 amide bonds. The van der Waals surface area contributed by atoms with Crippen molar-refractivity contribution in [2.24, 2.45) is 0 Å². The fourth-order valence-electron chi connectivity index (χ4n) is 4.82. The number of amides is 1. The van der Waals surface area contributed by atoms with Crippen LogP contribution in [0.15, 0.2) is 78.4 Å². The molecule has 0 saturated carbocycles. The van der Waals surface area contributed by atoms with E-state index in [-0.39, 0.29) is 23.6 Å². The molecule has 1 aliphatic heterocycles. The molecule has 0 spiro atoms. The molecule has 1 atom stereocenters. The number of ketones is 1. The van der Waals surface area contributed by atoms with Gasteiger partial charge in [0.15, 0.2) is 0 Å². The lowest BCUT2D eigenvalue weighted by Gasteiger charge is -2.28. The van der Waals surface area contributed by atoms with Gasteiger partial charge < -0.3 is 19.6 Å². The van der Waals surface area contributed by atoms with Gasteiger partial charge in [-0.05, 0) is 73.1 Å². The first kappa shape index (κ1) is 28.5. The van der Waals surface area contributed by atoms with Crippen LogP contribution in [0.5, 0.6) is 5.75 Å². The molecule has 1 aliphatic rings. The van der Waals surface area contributed by atoms with E-state index in [1.807, 2.05) is 45.0 Å². The largest absolute Gasteiger partial charge is 0.507 e. The number of carbonyl (C=O) groups is 2. The van der Waals surface area contributed by atoms with E-state index in [1.54, 1.807) is 24.3 Å². The third-order valence-electron chi connectivity index (χ3n) is 7.29. The minimum atomic E-state index is -0.881. The van der Waals surface area contributed by atoms with E-state index in [0.717, 1.165) is 24.2 Å². The van der Waals surface area contributed by atoms with Gasteiger partial charge in [-0.1, -0.05) is 38.1 Å². The average molecular weight is 544 g/mol. The van der Waals surface area contributed by atoms with E-state index in [9.17, 15) is 24.8 Å². The van der Waals surface area contributed by atoms with Gasteiger partial charge in [-0.15, -0.1) is 0 Å². The Bertz CT molecular complexity index is 1410. The topological polar surface area (TPSA) is 113 Å². The maximum atomic E-state index is 13.3. The van der Waals surface area contributed by atoms with Gasteiger partial charge in [-0.25, -0.2) is 0 Å². The molecule has 9 heteroatoms. The summed E-state index contributed by atoms with van der Waals surface area (Å²) in [7, 11) is 0. The van der Waals surface area contributed by atoms with Crippen molar-refractivity contribution < 1.29 is 24.4 Å². The Hall–Kier alpha value is -4.50. The number of likely N-dealkylation sites (tertiary alicyclic amines) is 1. The number of benzene rings is 3. The SMILES string of the molecule is CCN(CC)CCN1C(=O)C(=O)C(=C(O)c2ccc(OCc3ccccc3C)cc2)C1c1ccc([N+](=O)[O-])cc1. The van der Waals surface area contributed by atoms with E-state index < -0.39 is 22.7 Å². The summed E-state index contributed by atoms with van der Waals surface area (Å²) in [6.07, 6.45) is 0. The van der Waals surface area contributed by atoms with Gasteiger partial charge in [-0.3, -0.25) is 19.7 Å². The van der Waals surface area contributed by atoms with Crippen LogP contribution in [0.4, 0.5) is 5.69 Å². The zero-order valence-corrected chi connectivity index (χ0v) is 22.9. The summed E-state index contributed by atoms with van der Waals surface area (Å²) in [6.45, 7) is 8.78. The summed E-state index contributed by atoms with van der Waals surface area (Å²) in [5.74, 6) is -1.22. The molecule has 3 aromatic rings. The first-order chi connectivity index (χ1) is 19.2. The molecule has 0 bridgehead atoms. The number of Topliss-reactive ketones (excluding diaryl/α,β-unsaturated/α-hetero) is 1. The molecule has 0 aromatic heterocycles. The van der Waals surface area contributed by atoms with Gasteiger partial charge in [0, 0.05) is 30.8 Å². The molecular weight excluding hydrogens is 510 g/mol. The number of aryl methyl sites for hydroxylation is 1. The Kier molecular flexibility index (Phi) is 8.96. The summed E-state index contributed by atoms with van der Waals surface area (Å²) < 4.78 is 5.90. The van der Waals surface area contributed by atoms with Crippen molar-refractivity contribution in [3.8, 4) is 5.75 Å². The Morgan fingerprint density at radius 3 is 2.25 bits per heavy atom. The van der Waals surface area contributed by atoms with Crippen molar-refractivity contribution in [2.75, 3.05) is 26.2 Å². The zero-order chi connectivity index (χ0) is 28.8. The van der Waals surface area contributed by atoms with E-state index in [4.69, 9.17) is 4.74 Å². The van der Waals surface area contributed by atoms with E-state index in [0.29, 0.717) is 30.0 Å². The van der Waals surface area contributed by atoms with Crippen molar-refractivity contribution in [3.63, 3.8) is 0 Å². The first-order valence-corrected chi connectivity index (χ1v) is 13.3. The van der Waals surface area contributed by atoms with Crippen LogP contribution in [0.2, 0.25) is 0 Å². The van der Waals surface area contributed by atoms with Crippen LogP contribution in [0, 0.1) is 17.0 Å². The second kappa shape index (κ2) is 12.6. The van der Waals surface area contributed by atoms with E-state index in [1.165, 1.54) is 29.2 Å². The Labute approximate surface area is 233 Å². The summed E-state index contributed by atoms with van der Waals surface area (Å²) in [5, 5.41) is 22.5. The molecule has 1 unspecified atom stereocenters. The first-order valence-electron chi connectivity index (χ1n) is 13.3. The number of rotatable bonds is 11. The number of non-ortho nitro benzene ring substituents is 1. The number of nitro benzene ring substituents is 1. The third-order valence-corrected chi connectivity index (χ3v) is 7.29. The fraction of sp³-hybridized carbons (Fsp3) is 0.290. The van der Waals surface area contributed by atoms with Crippen molar-refractivity contribution in [1.82, 2.24) is 9.80 Å². The quantitative estimate of drug-likeness (QED) is 0.116. The number of ether oxygens (including phenoxy) is 1. The maximum Gasteiger partial charge on any atom is 0.295 e. The average Bonchev–Trinajstić information content (AvgIpc) is 3.22. The number of nitro groups is 1. The van der Waals surface area contributed by atoms with Gasteiger partial charge >= 0.3 is 0 Å². The number of aliphatic hydroxyl groups excluding tert-OH is 1. The summed E-state index contributed by atoms with van der Waals surface area (Å²) in [5.41, 5.74) is 2.88. The zero-order valence-electron chi connectivity index (χ0n) is 22.9. The number of likely N-dealkylation sites (N-methyl/N-ethyl adjacent to an activating group) is 1. The lowest BCUT2D eigenvalue weighted by Crippen LogP contribution is -2.38. The Morgan fingerprint density at radius 1 is 1.00 bits per heavy atom. The second-order valence-corrected chi connectivity index (χ2v) is 9.61. The van der Waals surface area contributed by atoms with Crippen LogP contribution in [0.3, 0.4) is 0 Å². The number of carbonyl (C=O) groups excluding carboxylic acids is 2. The number of nitrogens with zero attached hydrogens (tertiary/aromatic N) is 3. The molecule has 9 nitrogen and oxygen atoms in total. The van der Waals surface area contributed by atoms with Crippen LogP contribution >= 0.6 is 0 Å². The van der Waals surface area contributed by atoms with Crippen molar-refractivity contribution in [2.45, 2.75) is 33.4 Å². The van der Waals surface area contributed by atoms with Gasteiger partial charge in [0.25, 0.3) is 17.4 Å². The Morgan fingerprint density at radius 2 is 1.65 bits per heavy atom. The van der Waals surface area contributed by atoms with E-state index in [2.05, 4.69) is 4.90 Å². The second-order valence-electron chi connectivity index (χ2n) is 9.61. The van der Waals surface area contributed by atoms with Gasteiger partial charge in [0.2, 0.25) is 0 Å². The molecule has 1 saturated heterocycles. The van der Waals surface area contributed by atoms with Crippen LogP contribution in [0.1, 0.15) is 42.1 Å². The van der Waals surface area contributed by atoms with E-state index >= 15 is 0 Å². The molecule has 1 fully saturated rings. The van der Waals surface area contributed by atoms with Gasteiger partial charge in [0.1, 0.15) is 18.1 Å². The molecule has 1 heterocycles. The number of hydrogen-bond acceptors (Lipinski definition) is 7. The molecule has 4 rings (SSSR count). The Balaban J connectivity index is 1.66. The molecule has 40 heavy (non-hydrogen) atoms. The molecule has 0 radical (unpaired) electrons. The highest BCUT2D eigenvalue weighted by atomic mass is 16.6. The molecule has 0 aliphatic carbocycles. The summed E-state index contributed by atoms with van der Waals surface area (Å²) in [4.78, 5) is 40.7. The molecule has 1 N–H and O–H groups in total. The normalized spacial score (nSPS) is 16.5. The smallest absolute Gasteiger partial charge is 0.295 e. The highest BCUT2D eigenvalue weighted by molar-refractivity contribution is 6.46. The maximum absolute atomic E-state index is 13.3.